The van der Waals surface area contributed by atoms with Gasteiger partial charge in [0.25, 0.3) is 5.56 Å². The number of hydrogen-bond acceptors (Lipinski definition) is 2. The maximum Gasteiger partial charge on any atom is 0.255 e. The van der Waals surface area contributed by atoms with Gasteiger partial charge in [0, 0.05) is 23.8 Å². The van der Waals surface area contributed by atoms with Gasteiger partial charge in [-0.1, -0.05) is 18.9 Å². The molecule has 1 aromatic heterocycles. The Morgan fingerprint density at radius 2 is 1.88 bits per heavy atom. The third kappa shape index (κ3) is 1.93. The van der Waals surface area contributed by atoms with Gasteiger partial charge >= 0.3 is 0 Å². The molecule has 2 aliphatic rings. The maximum atomic E-state index is 12.3. The van der Waals surface area contributed by atoms with Crippen molar-refractivity contribution in [1.29, 1.82) is 0 Å². The smallest absolute Gasteiger partial charge is 0.255 e. The first-order chi connectivity index (χ1) is 8.31. The van der Waals surface area contributed by atoms with Gasteiger partial charge in [0.05, 0.1) is 0 Å². The second kappa shape index (κ2) is 4.30. The highest BCUT2D eigenvalue weighted by Gasteiger charge is 2.30. The van der Waals surface area contributed by atoms with Crippen LogP contribution >= 0.6 is 0 Å². The standard InChI is InChI=1S/C14H20N2O/c15-9-11-5-8-13(10-3-1-2-4-10)16(14(11)17)12-6-7-12/h5,8,10,12H,1-4,6-7,9,15H2. The second-order valence-electron chi connectivity index (χ2n) is 5.38. The molecule has 17 heavy (non-hydrogen) atoms. The highest BCUT2D eigenvalue weighted by Crippen LogP contribution is 2.40. The minimum atomic E-state index is 0.166. The Morgan fingerprint density at radius 3 is 2.47 bits per heavy atom. The molecule has 3 heteroatoms. The van der Waals surface area contributed by atoms with Crippen LogP contribution in [0.1, 0.15) is 61.7 Å². The maximum absolute atomic E-state index is 12.3. The highest BCUT2D eigenvalue weighted by molar-refractivity contribution is 5.21. The molecule has 0 aliphatic heterocycles. The first-order valence-electron chi connectivity index (χ1n) is 6.75. The molecule has 0 unspecified atom stereocenters. The van der Waals surface area contributed by atoms with Gasteiger partial charge in [-0.3, -0.25) is 4.79 Å². The van der Waals surface area contributed by atoms with E-state index in [2.05, 4.69) is 10.6 Å². The van der Waals surface area contributed by atoms with Crippen molar-refractivity contribution >= 4 is 0 Å². The summed E-state index contributed by atoms with van der Waals surface area (Å²) in [5, 5.41) is 0. The van der Waals surface area contributed by atoms with Gasteiger partial charge in [-0.05, 0) is 37.7 Å². The molecule has 2 fully saturated rings. The molecule has 0 aromatic carbocycles. The Morgan fingerprint density at radius 1 is 1.18 bits per heavy atom. The van der Waals surface area contributed by atoms with Crippen molar-refractivity contribution in [2.75, 3.05) is 0 Å². The number of pyridine rings is 1. The molecule has 0 amide bonds. The van der Waals surface area contributed by atoms with Gasteiger partial charge in [-0.15, -0.1) is 0 Å². The topological polar surface area (TPSA) is 48.0 Å². The van der Waals surface area contributed by atoms with Gasteiger partial charge < -0.3 is 10.3 Å². The Kier molecular flexibility index (Phi) is 2.79. The van der Waals surface area contributed by atoms with E-state index in [4.69, 9.17) is 5.73 Å². The third-order valence-electron chi connectivity index (χ3n) is 4.13. The SMILES string of the molecule is NCc1ccc(C2CCCC2)n(C2CC2)c1=O. The molecular weight excluding hydrogens is 212 g/mol. The lowest BCUT2D eigenvalue weighted by atomic mass is 10.0. The van der Waals surface area contributed by atoms with E-state index in [0.717, 1.165) is 18.4 Å². The molecule has 92 valence electrons. The lowest BCUT2D eigenvalue weighted by Gasteiger charge is -2.18. The molecular formula is C14H20N2O. The van der Waals surface area contributed by atoms with Gasteiger partial charge in [0.2, 0.25) is 0 Å². The Labute approximate surface area is 102 Å². The summed E-state index contributed by atoms with van der Waals surface area (Å²) in [6.45, 7) is 0.358. The summed E-state index contributed by atoms with van der Waals surface area (Å²) in [7, 11) is 0. The second-order valence-corrected chi connectivity index (χ2v) is 5.38. The molecule has 1 aromatic rings. The summed E-state index contributed by atoms with van der Waals surface area (Å²) in [6, 6.07) is 4.55. The Bertz CT molecular complexity index is 468. The van der Waals surface area contributed by atoms with Crippen molar-refractivity contribution in [1.82, 2.24) is 4.57 Å². The van der Waals surface area contributed by atoms with Crippen molar-refractivity contribution in [3.63, 3.8) is 0 Å². The average molecular weight is 232 g/mol. The summed E-state index contributed by atoms with van der Waals surface area (Å²) in [4.78, 5) is 12.3. The summed E-state index contributed by atoms with van der Waals surface area (Å²) in [6.07, 6.45) is 7.42. The van der Waals surface area contributed by atoms with E-state index in [1.807, 2.05) is 6.07 Å². The predicted octanol–water partition coefficient (Wildman–Crippen LogP) is 2.30. The van der Waals surface area contributed by atoms with Crippen molar-refractivity contribution in [3.05, 3.63) is 33.7 Å². The van der Waals surface area contributed by atoms with Crippen LogP contribution in [0.4, 0.5) is 0 Å². The van der Waals surface area contributed by atoms with Gasteiger partial charge in [-0.2, -0.15) is 0 Å². The van der Waals surface area contributed by atoms with E-state index in [9.17, 15) is 4.79 Å². The number of hydrogen-bond donors (Lipinski definition) is 1. The zero-order valence-corrected chi connectivity index (χ0v) is 10.2. The van der Waals surface area contributed by atoms with Crippen LogP contribution in [0.25, 0.3) is 0 Å². The third-order valence-corrected chi connectivity index (χ3v) is 4.13. The largest absolute Gasteiger partial charge is 0.326 e. The fourth-order valence-corrected chi connectivity index (χ4v) is 3.03. The molecule has 0 saturated heterocycles. The van der Waals surface area contributed by atoms with E-state index >= 15 is 0 Å². The van der Waals surface area contributed by atoms with Crippen LogP contribution < -0.4 is 11.3 Å². The van der Waals surface area contributed by atoms with Crippen LogP contribution in [0.15, 0.2) is 16.9 Å². The van der Waals surface area contributed by atoms with E-state index in [1.54, 1.807) is 0 Å². The van der Waals surface area contributed by atoms with Crippen molar-refractivity contribution < 1.29 is 0 Å². The lowest BCUT2D eigenvalue weighted by molar-refractivity contribution is 0.582. The summed E-state index contributed by atoms with van der Waals surface area (Å²) in [5.41, 5.74) is 7.83. The van der Waals surface area contributed by atoms with Crippen LogP contribution in [-0.2, 0) is 6.54 Å². The molecule has 2 saturated carbocycles. The van der Waals surface area contributed by atoms with Gasteiger partial charge in [0.1, 0.15) is 0 Å². The van der Waals surface area contributed by atoms with E-state index in [-0.39, 0.29) is 5.56 Å². The fourth-order valence-electron chi connectivity index (χ4n) is 3.03. The van der Waals surface area contributed by atoms with Crippen molar-refractivity contribution in [3.8, 4) is 0 Å². The summed E-state index contributed by atoms with van der Waals surface area (Å²) >= 11 is 0. The lowest BCUT2D eigenvalue weighted by Crippen LogP contribution is -2.28. The van der Waals surface area contributed by atoms with Gasteiger partial charge in [-0.25, -0.2) is 0 Å². The average Bonchev–Trinajstić information content (AvgIpc) is 3.03. The first kappa shape index (κ1) is 11.0. The first-order valence-corrected chi connectivity index (χ1v) is 6.75. The number of aromatic nitrogens is 1. The molecule has 2 aliphatic carbocycles. The van der Waals surface area contributed by atoms with Gasteiger partial charge in [0.15, 0.2) is 0 Å². The molecule has 0 spiro atoms. The minimum Gasteiger partial charge on any atom is -0.326 e. The number of rotatable bonds is 3. The quantitative estimate of drug-likeness (QED) is 0.869. The van der Waals surface area contributed by atoms with E-state index in [0.29, 0.717) is 18.5 Å². The van der Waals surface area contributed by atoms with Crippen LogP contribution in [0.5, 0.6) is 0 Å². The highest BCUT2D eigenvalue weighted by atomic mass is 16.1. The predicted molar refractivity (Wildman–Crippen MR) is 68.1 cm³/mol. The number of nitrogens with zero attached hydrogens (tertiary/aromatic N) is 1. The Balaban J connectivity index is 2.07. The van der Waals surface area contributed by atoms with Crippen LogP contribution in [0.3, 0.4) is 0 Å². The Hall–Kier alpha value is -1.09. The number of nitrogens with two attached hydrogens (primary N) is 1. The molecule has 1 heterocycles. The van der Waals surface area contributed by atoms with Crippen molar-refractivity contribution in [2.45, 2.75) is 57.0 Å². The van der Waals surface area contributed by atoms with E-state index < -0.39 is 0 Å². The molecule has 3 nitrogen and oxygen atoms in total. The zero-order valence-electron chi connectivity index (χ0n) is 10.2. The molecule has 0 radical (unpaired) electrons. The van der Waals surface area contributed by atoms with Crippen LogP contribution in [0, 0.1) is 0 Å². The van der Waals surface area contributed by atoms with Crippen LogP contribution in [0.2, 0.25) is 0 Å². The summed E-state index contributed by atoms with van der Waals surface area (Å²) in [5.74, 6) is 0.607. The molecule has 0 atom stereocenters. The zero-order chi connectivity index (χ0) is 11.8. The fraction of sp³-hybridized carbons (Fsp3) is 0.643. The minimum absolute atomic E-state index is 0.166. The van der Waals surface area contributed by atoms with E-state index in [1.165, 1.54) is 31.4 Å². The normalized spacial score (nSPS) is 21.0. The summed E-state index contributed by atoms with van der Waals surface area (Å²) < 4.78 is 2.05. The van der Waals surface area contributed by atoms with Crippen LogP contribution in [-0.4, -0.2) is 4.57 Å². The monoisotopic (exact) mass is 232 g/mol. The van der Waals surface area contributed by atoms with Crippen molar-refractivity contribution in [2.24, 2.45) is 5.73 Å². The molecule has 2 N–H and O–H groups in total. The molecule has 3 rings (SSSR count). The molecule has 0 bridgehead atoms.